The normalized spacial score (nSPS) is 12.9. The largest absolute Gasteiger partial charge is 0.306 e. The van der Waals surface area contributed by atoms with Crippen LogP contribution in [0.1, 0.15) is 23.4 Å². The van der Waals surface area contributed by atoms with E-state index < -0.39 is 0 Å². The van der Waals surface area contributed by atoms with Gasteiger partial charge >= 0.3 is 0 Å². The maximum atomic E-state index is 6.05. The molecule has 0 bridgehead atoms. The van der Waals surface area contributed by atoms with E-state index in [1.165, 1.54) is 15.1 Å². The average Bonchev–Trinajstić information content (AvgIpc) is 3.03. The monoisotopic (exact) mass is 308 g/mol. The van der Waals surface area contributed by atoms with Gasteiger partial charge in [0.05, 0.1) is 20.6 Å². The van der Waals surface area contributed by atoms with Crippen molar-refractivity contribution in [3.8, 4) is 0 Å². The van der Waals surface area contributed by atoms with Crippen LogP contribution >= 0.6 is 34.3 Å². The molecule has 0 spiro atoms. The third kappa shape index (κ3) is 2.67. The van der Waals surface area contributed by atoms with Crippen molar-refractivity contribution < 1.29 is 0 Å². The quantitative estimate of drug-likeness (QED) is 0.755. The first-order valence-electron chi connectivity index (χ1n) is 6.09. The highest BCUT2D eigenvalue weighted by molar-refractivity contribution is 7.17. The number of halogens is 1. The molecule has 3 aromatic heterocycles. The first-order valence-corrected chi connectivity index (χ1v) is 8.17. The van der Waals surface area contributed by atoms with Crippen LogP contribution in [0.3, 0.4) is 0 Å². The summed E-state index contributed by atoms with van der Waals surface area (Å²) in [4.78, 5) is 5.75. The molecular formula is C14H13ClN2S2. The molecule has 2 nitrogen and oxygen atoms in total. The van der Waals surface area contributed by atoms with E-state index in [0.717, 1.165) is 16.4 Å². The second-order valence-corrected chi connectivity index (χ2v) is 6.90. The molecule has 0 fully saturated rings. The third-order valence-corrected chi connectivity index (χ3v) is 5.09. The Labute approximate surface area is 125 Å². The van der Waals surface area contributed by atoms with E-state index in [1.54, 1.807) is 22.7 Å². The lowest BCUT2D eigenvalue weighted by molar-refractivity contribution is 0.638. The second kappa shape index (κ2) is 5.59. The van der Waals surface area contributed by atoms with Gasteiger partial charge in [0.15, 0.2) is 0 Å². The van der Waals surface area contributed by atoms with Crippen LogP contribution in [-0.4, -0.2) is 11.5 Å². The predicted molar refractivity (Wildman–Crippen MR) is 84.5 cm³/mol. The Morgan fingerprint density at radius 1 is 1.37 bits per heavy atom. The number of nitrogens with zero attached hydrogens (tertiary/aromatic N) is 1. The van der Waals surface area contributed by atoms with Gasteiger partial charge in [-0.1, -0.05) is 18.5 Å². The Morgan fingerprint density at radius 2 is 2.26 bits per heavy atom. The molecule has 0 aliphatic carbocycles. The van der Waals surface area contributed by atoms with E-state index in [4.69, 9.17) is 11.6 Å². The fourth-order valence-corrected chi connectivity index (χ4v) is 4.04. The van der Waals surface area contributed by atoms with Crippen molar-refractivity contribution >= 4 is 44.5 Å². The third-order valence-electron chi connectivity index (χ3n) is 2.94. The van der Waals surface area contributed by atoms with Crippen molar-refractivity contribution in [2.45, 2.75) is 13.0 Å². The molecule has 0 saturated carbocycles. The van der Waals surface area contributed by atoms with Gasteiger partial charge in [0.2, 0.25) is 0 Å². The Bertz CT molecular complexity index is 689. The van der Waals surface area contributed by atoms with Crippen LogP contribution in [0.25, 0.3) is 10.2 Å². The van der Waals surface area contributed by atoms with Gasteiger partial charge in [-0.25, -0.2) is 0 Å². The van der Waals surface area contributed by atoms with Crippen LogP contribution in [0.5, 0.6) is 0 Å². The highest BCUT2D eigenvalue weighted by atomic mass is 35.5. The summed E-state index contributed by atoms with van der Waals surface area (Å²) in [6.07, 6.45) is 1.95. The molecule has 0 aliphatic rings. The van der Waals surface area contributed by atoms with Crippen LogP contribution in [0.15, 0.2) is 35.8 Å². The number of hydrogen-bond acceptors (Lipinski definition) is 4. The molecule has 1 unspecified atom stereocenters. The van der Waals surface area contributed by atoms with Gasteiger partial charge in [0.1, 0.15) is 0 Å². The zero-order valence-electron chi connectivity index (χ0n) is 10.4. The van der Waals surface area contributed by atoms with Gasteiger partial charge in [-0.2, -0.15) is 0 Å². The Hall–Kier alpha value is -0.940. The minimum atomic E-state index is 0.168. The first-order chi connectivity index (χ1) is 9.28. The van der Waals surface area contributed by atoms with Crippen LogP contribution in [-0.2, 0) is 0 Å². The summed E-state index contributed by atoms with van der Waals surface area (Å²) in [6.45, 7) is 3.02. The van der Waals surface area contributed by atoms with E-state index in [1.807, 2.05) is 18.3 Å². The highest BCUT2D eigenvalue weighted by Gasteiger charge is 2.16. The van der Waals surface area contributed by atoms with Crippen LogP contribution in [0.2, 0.25) is 4.34 Å². The second-order valence-electron chi connectivity index (χ2n) is 4.21. The minimum absolute atomic E-state index is 0.168. The van der Waals surface area contributed by atoms with Gasteiger partial charge in [-0.3, -0.25) is 4.98 Å². The number of hydrogen-bond donors (Lipinski definition) is 1. The van der Waals surface area contributed by atoms with Gasteiger partial charge in [-0.15, -0.1) is 22.7 Å². The molecule has 1 atom stereocenters. The molecule has 0 radical (unpaired) electrons. The lowest BCUT2D eigenvalue weighted by atomic mass is 10.1. The molecule has 0 aliphatic heterocycles. The van der Waals surface area contributed by atoms with E-state index in [-0.39, 0.29) is 6.04 Å². The molecule has 3 rings (SSSR count). The topological polar surface area (TPSA) is 24.9 Å². The molecule has 3 heterocycles. The van der Waals surface area contributed by atoms with Gasteiger partial charge in [0, 0.05) is 11.1 Å². The standard InChI is InChI=1S/C14H13ClN2S2/c1-2-16-14(11-3-4-13(15)19-11)9-7-12-10(17-8-9)5-6-18-12/h3-8,14,16H,2H2,1H3. The molecule has 98 valence electrons. The van der Waals surface area contributed by atoms with E-state index in [0.29, 0.717) is 0 Å². The Kier molecular flexibility index (Phi) is 3.84. The SMILES string of the molecule is CCNC(c1cnc2ccsc2c1)c1ccc(Cl)s1. The molecule has 0 amide bonds. The van der Waals surface area contributed by atoms with Crippen LogP contribution in [0, 0.1) is 0 Å². The Balaban J connectivity index is 2.03. The lowest BCUT2D eigenvalue weighted by Gasteiger charge is -2.16. The van der Waals surface area contributed by atoms with Crippen molar-refractivity contribution in [1.82, 2.24) is 10.3 Å². The fraction of sp³-hybridized carbons (Fsp3) is 0.214. The Morgan fingerprint density at radius 3 is 3.00 bits per heavy atom. The van der Waals surface area contributed by atoms with Gasteiger partial charge < -0.3 is 5.32 Å². The van der Waals surface area contributed by atoms with E-state index in [2.05, 4.69) is 34.7 Å². The maximum Gasteiger partial charge on any atom is 0.0931 e. The zero-order valence-corrected chi connectivity index (χ0v) is 12.8. The molecule has 5 heteroatoms. The zero-order chi connectivity index (χ0) is 13.2. The minimum Gasteiger partial charge on any atom is -0.306 e. The number of aromatic nitrogens is 1. The fourth-order valence-electron chi connectivity index (χ4n) is 2.09. The highest BCUT2D eigenvalue weighted by Crippen LogP contribution is 2.32. The summed E-state index contributed by atoms with van der Waals surface area (Å²) in [5.41, 5.74) is 2.25. The molecular weight excluding hydrogens is 296 g/mol. The van der Waals surface area contributed by atoms with Crippen molar-refractivity contribution in [1.29, 1.82) is 0 Å². The summed E-state index contributed by atoms with van der Waals surface area (Å²) < 4.78 is 2.05. The molecule has 0 saturated heterocycles. The summed E-state index contributed by atoms with van der Waals surface area (Å²) >= 11 is 9.39. The van der Waals surface area contributed by atoms with Crippen LogP contribution < -0.4 is 5.32 Å². The van der Waals surface area contributed by atoms with Gasteiger partial charge in [-0.05, 0) is 41.8 Å². The number of rotatable bonds is 4. The number of pyridine rings is 1. The average molecular weight is 309 g/mol. The van der Waals surface area contributed by atoms with Crippen LogP contribution in [0.4, 0.5) is 0 Å². The smallest absolute Gasteiger partial charge is 0.0931 e. The summed E-state index contributed by atoms with van der Waals surface area (Å²) in [6, 6.07) is 8.46. The van der Waals surface area contributed by atoms with Crippen molar-refractivity contribution in [3.63, 3.8) is 0 Å². The lowest BCUT2D eigenvalue weighted by Crippen LogP contribution is -2.21. The molecule has 0 aromatic carbocycles. The summed E-state index contributed by atoms with van der Waals surface area (Å²) in [5.74, 6) is 0. The molecule has 3 aromatic rings. The van der Waals surface area contributed by atoms with Crippen molar-refractivity contribution in [2.24, 2.45) is 0 Å². The maximum absolute atomic E-state index is 6.05. The summed E-state index contributed by atoms with van der Waals surface area (Å²) in [5, 5.41) is 5.58. The van der Waals surface area contributed by atoms with E-state index >= 15 is 0 Å². The van der Waals surface area contributed by atoms with Gasteiger partial charge in [0.25, 0.3) is 0 Å². The number of nitrogens with one attached hydrogen (secondary N) is 1. The van der Waals surface area contributed by atoms with E-state index in [9.17, 15) is 0 Å². The number of thiophene rings is 2. The van der Waals surface area contributed by atoms with Crippen molar-refractivity contribution in [2.75, 3.05) is 6.54 Å². The molecule has 19 heavy (non-hydrogen) atoms. The molecule has 1 N–H and O–H groups in total. The predicted octanol–water partition coefficient (Wildman–Crippen LogP) is 4.71. The first kappa shape index (κ1) is 13.1. The van der Waals surface area contributed by atoms with Crippen molar-refractivity contribution in [3.05, 3.63) is 50.6 Å². The number of fused-ring (bicyclic) bond motifs is 1. The summed E-state index contributed by atoms with van der Waals surface area (Å²) in [7, 11) is 0.